The molecule has 2 aliphatic rings. The maximum atomic E-state index is 13.1. The van der Waals surface area contributed by atoms with Gasteiger partial charge >= 0.3 is 0 Å². The smallest absolute Gasteiger partial charge is 0.274 e. The van der Waals surface area contributed by atoms with Crippen LogP contribution in [0.25, 0.3) is 0 Å². The molecule has 8 heteroatoms. The van der Waals surface area contributed by atoms with E-state index in [0.29, 0.717) is 23.3 Å². The Morgan fingerprint density at radius 3 is 2.68 bits per heavy atom. The van der Waals surface area contributed by atoms with E-state index in [1.807, 2.05) is 35.0 Å². The number of pyridine rings is 1. The molecule has 1 atom stereocenters. The molecular formula is C29H32N6OS. The number of nitrogens with zero attached hydrogens (tertiary/aromatic N) is 4. The van der Waals surface area contributed by atoms with Gasteiger partial charge in [-0.3, -0.25) is 15.1 Å². The molecule has 0 spiro atoms. The maximum absolute atomic E-state index is 13.1. The fourth-order valence-corrected chi connectivity index (χ4v) is 6.33. The Balaban J connectivity index is 1.12. The number of thiazole rings is 1. The lowest BCUT2D eigenvalue weighted by atomic mass is 9.90. The fourth-order valence-electron chi connectivity index (χ4n) is 5.58. The highest BCUT2D eigenvalue weighted by molar-refractivity contribution is 7.14. The van der Waals surface area contributed by atoms with Crippen LogP contribution in [0, 0.1) is 0 Å². The second kappa shape index (κ2) is 10.9. The summed E-state index contributed by atoms with van der Waals surface area (Å²) in [5.41, 5.74) is 5.46. The summed E-state index contributed by atoms with van der Waals surface area (Å²) in [6.45, 7) is 3.87. The van der Waals surface area contributed by atoms with Crippen LogP contribution in [0.1, 0.15) is 65.0 Å². The summed E-state index contributed by atoms with van der Waals surface area (Å²) >= 11 is 1.50. The van der Waals surface area contributed by atoms with Crippen LogP contribution in [0.5, 0.6) is 0 Å². The zero-order valence-electron chi connectivity index (χ0n) is 20.8. The van der Waals surface area contributed by atoms with Crippen molar-refractivity contribution in [1.29, 1.82) is 0 Å². The van der Waals surface area contributed by atoms with Crippen molar-refractivity contribution in [1.82, 2.24) is 19.9 Å². The van der Waals surface area contributed by atoms with Gasteiger partial charge in [0.05, 0.1) is 11.7 Å². The van der Waals surface area contributed by atoms with Gasteiger partial charge in [-0.1, -0.05) is 12.1 Å². The Hall–Kier alpha value is -3.49. The van der Waals surface area contributed by atoms with E-state index in [4.69, 9.17) is 4.98 Å². The highest BCUT2D eigenvalue weighted by atomic mass is 32.1. The monoisotopic (exact) mass is 512 g/mol. The van der Waals surface area contributed by atoms with E-state index in [1.54, 1.807) is 12.4 Å². The zero-order chi connectivity index (χ0) is 25.0. The second-order valence-corrected chi connectivity index (χ2v) is 10.7. The number of rotatable bonds is 7. The summed E-state index contributed by atoms with van der Waals surface area (Å²) in [5.74, 6) is 0.525. The lowest BCUT2D eigenvalue weighted by Crippen LogP contribution is -2.26. The van der Waals surface area contributed by atoms with E-state index in [9.17, 15) is 4.79 Å². The van der Waals surface area contributed by atoms with Gasteiger partial charge in [0.15, 0.2) is 5.13 Å². The number of aromatic nitrogens is 3. The molecule has 0 bridgehead atoms. The first-order chi connectivity index (χ1) is 18.2. The molecule has 1 amide bonds. The van der Waals surface area contributed by atoms with E-state index in [2.05, 4.69) is 50.2 Å². The Morgan fingerprint density at radius 2 is 1.86 bits per heavy atom. The molecule has 6 rings (SSSR count). The minimum Gasteiger partial charge on any atom is -0.363 e. The van der Waals surface area contributed by atoms with Crippen LogP contribution in [0.4, 0.5) is 10.8 Å². The van der Waals surface area contributed by atoms with Crippen molar-refractivity contribution >= 4 is 28.1 Å². The number of hydrogen-bond acceptors (Lipinski definition) is 6. The average Bonchev–Trinajstić information content (AvgIpc) is 3.71. The van der Waals surface area contributed by atoms with Crippen molar-refractivity contribution in [3.63, 3.8) is 0 Å². The molecule has 3 aromatic heterocycles. The summed E-state index contributed by atoms with van der Waals surface area (Å²) in [5, 5.41) is 9.22. The molecule has 1 aromatic carbocycles. The van der Waals surface area contributed by atoms with Crippen LogP contribution in [-0.4, -0.2) is 40.1 Å². The quantitative estimate of drug-likeness (QED) is 0.345. The molecule has 7 nitrogen and oxygen atoms in total. The van der Waals surface area contributed by atoms with Gasteiger partial charge in [-0.05, 0) is 92.2 Å². The third-order valence-electron chi connectivity index (χ3n) is 7.54. The average molecular weight is 513 g/mol. The first kappa shape index (κ1) is 23.9. The van der Waals surface area contributed by atoms with Crippen molar-refractivity contribution in [2.24, 2.45) is 0 Å². The predicted molar refractivity (Wildman–Crippen MR) is 148 cm³/mol. The summed E-state index contributed by atoms with van der Waals surface area (Å²) in [7, 11) is 0. The van der Waals surface area contributed by atoms with Gasteiger partial charge in [0, 0.05) is 42.7 Å². The summed E-state index contributed by atoms with van der Waals surface area (Å²) < 4.78 is 1.95. The zero-order valence-corrected chi connectivity index (χ0v) is 21.7. The minimum atomic E-state index is -0.142. The third-order valence-corrected chi connectivity index (χ3v) is 8.31. The van der Waals surface area contributed by atoms with E-state index in [0.717, 1.165) is 43.7 Å². The summed E-state index contributed by atoms with van der Waals surface area (Å²) in [6.07, 6.45) is 10.1. The maximum Gasteiger partial charge on any atom is 0.274 e. The van der Waals surface area contributed by atoms with E-state index in [1.165, 1.54) is 35.4 Å². The van der Waals surface area contributed by atoms with E-state index in [-0.39, 0.29) is 11.9 Å². The highest BCUT2D eigenvalue weighted by Crippen LogP contribution is 2.38. The lowest BCUT2D eigenvalue weighted by molar-refractivity contribution is 0.101. The van der Waals surface area contributed by atoms with E-state index < -0.39 is 0 Å². The molecule has 0 saturated carbocycles. The topological polar surface area (TPSA) is 75.1 Å². The number of carbonyl (C=O) groups is 1. The van der Waals surface area contributed by atoms with Gasteiger partial charge in [0.2, 0.25) is 0 Å². The number of hydrogen-bond donors (Lipinski definition) is 2. The van der Waals surface area contributed by atoms with Gasteiger partial charge in [0.1, 0.15) is 5.69 Å². The van der Waals surface area contributed by atoms with Crippen LogP contribution in [0.2, 0.25) is 0 Å². The van der Waals surface area contributed by atoms with Gasteiger partial charge in [-0.25, -0.2) is 4.98 Å². The largest absolute Gasteiger partial charge is 0.363 e. The molecule has 4 aromatic rings. The van der Waals surface area contributed by atoms with Crippen molar-refractivity contribution in [2.75, 3.05) is 29.9 Å². The minimum absolute atomic E-state index is 0.142. The normalized spacial score (nSPS) is 18.3. The molecular weight excluding hydrogens is 480 g/mol. The molecule has 2 fully saturated rings. The van der Waals surface area contributed by atoms with Crippen molar-refractivity contribution < 1.29 is 4.79 Å². The van der Waals surface area contributed by atoms with Crippen LogP contribution in [-0.2, 0) is 6.54 Å². The highest BCUT2D eigenvalue weighted by Gasteiger charge is 2.29. The molecule has 5 heterocycles. The van der Waals surface area contributed by atoms with Gasteiger partial charge < -0.3 is 14.8 Å². The van der Waals surface area contributed by atoms with Crippen LogP contribution in [0.15, 0.2) is 72.5 Å². The molecule has 0 aliphatic carbocycles. The van der Waals surface area contributed by atoms with Gasteiger partial charge in [-0.2, -0.15) is 0 Å². The number of anilines is 2. The number of piperidine rings is 1. The fraction of sp³-hybridized carbons (Fsp3) is 0.345. The molecule has 1 unspecified atom stereocenters. The third kappa shape index (κ3) is 5.31. The Kier molecular flexibility index (Phi) is 7.01. The van der Waals surface area contributed by atoms with Crippen LogP contribution in [0.3, 0.4) is 0 Å². The number of benzene rings is 1. The molecule has 190 valence electrons. The molecule has 0 radical (unpaired) electrons. The van der Waals surface area contributed by atoms with Crippen molar-refractivity contribution in [3.05, 3.63) is 95.0 Å². The number of nitrogens with one attached hydrogen (secondary N) is 2. The summed E-state index contributed by atoms with van der Waals surface area (Å²) in [4.78, 5) is 24.5. The van der Waals surface area contributed by atoms with Crippen LogP contribution < -0.4 is 15.5 Å². The van der Waals surface area contributed by atoms with Gasteiger partial charge in [0.25, 0.3) is 5.91 Å². The summed E-state index contributed by atoms with van der Waals surface area (Å²) in [6, 6.07) is 17.1. The lowest BCUT2D eigenvalue weighted by Gasteiger charge is -2.27. The number of carbonyl (C=O) groups excluding carboxylic acids is 1. The molecule has 2 N–H and O–H groups in total. The first-order valence-electron chi connectivity index (χ1n) is 13.1. The predicted octanol–water partition coefficient (Wildman–Crippen LogP) is 5.45. The second-order valence-electron chi connectivity index (χ2n) is 9.88. The molecule has 2 saturated heterocycles. The van der Waals surface area contributed by atoms with Crippen molar-refractivity contribution in [2.45, 2.75) is 44.2 Å². The van der Waals surface area contributed by atoms with Gasteiger partial charge in [-0.15, -0.1) is 11.3 Å². The standard InChI is InChI=1S/C29H32N6OS/c36-28(27-4-1-17-34(27)19-21-9-13-30-14-10-21)33-29-32-25(20-37-29)26-3-2-18-35(26)24-7-5-22(6-8-24)23-11-15-31-16-12-23/h1,4-10,13-14,17,20,23,26,31H,2-3,11-12,15-16,18-19H2,(H,32,33,36). The van der Waals surface area contributed by atoms with Crippen molar-refractivity contribution in [3.8, 4) is 0 Å². The SMILES string of the molecule is O=C(Nc1nc(C2CCCN2c2ccc(C3CCNCC3)cc2)cs1)c1cccn1Cc1ccncc1. The van der Waals surface area contributed by atoms with Crippen LogP contribution >= 0.6 is 11.3 Å². The Bertz CT molecular complexity index is 1330. The van der Waals surface area contributed by atoms with E-state index >= 15 is 0 Å². The number of amides is 1. The molecule has 37 heavy (non-hydrogen) atoms. The first-order valence-corrected chi connectivity index (χ1v) is 14.0. The Labute approximate surface area is 221 Å². The Morgan fingerprint density at radius 1 is 1.05 bits per heavy atom. The molecule has 2 aliphatic heterocycles.